The number of aliphatic hydroxyl groups excluding tert-OH is 1. The molecule has 0 aliphatic carbocycles. The van der Waals surface area contributed by atoms with Crippen molar-refractivity contribution >= 4 is 5.69 Å². The van der Waals surface area contributed by atoms with E-state index in [0.29, 0.717) is 24.5 Å². The molecule has 1 aliphatic heterocycles. The molecule has 170 valence electrons. The van der Waals surface area contributed by atoms with Crippen molar-refractivity contribution in [3.8, 4) is 5.75 Å². The predicted molar refractivity (Wildman–Crippen MR) is 106 cm³/mol. The van der Waals surface area contributed by atoms with E-state index in [4.69, 9.17) is 28.4 Å². The third kappa shape index (κ3) is 6.10. The van der Waals surface area contributed by atoms with Gasteiger partial charge < -0.3 is 33.5 Å². The second-order valence-electron chi connectivity index (χ2n) is 6.79. The van der Waals surface area contributed by atoms with Gasteiger partial charge in [-0.3, -0.25) is 10.1 Å². The molecule has 1 aliphatic rings. The molecule has 1 heterocycles. The van der Waals surface area contributed by atoms with E-state index in [0.717, 1.165) is 6.42 Å². The van der Waals surface area contributed by atoms with Crippen LogP contribution in [0.4, 0.5) is 5.69 Å². The first-order valence-electron chi connectivity index (χ1n) is 9.95. The van der Waals surface area contributed by atoms with Gasteiger partial charge in [-0.25, -0.2) is 0 Å². The number of nitrogens with zero attached hydrogens (tertiary/aromatic N) is 1. The predicted octanol–water partition coefficient (Wildman–Crippen LogP) is 2.05. The van der Waals surface area contributed by atoms with E-state index in [2.05, 4.69) is 0 Å². The molecule has 0 amide bonds. The van der Waals surface area contributed by atoms with Gasteiger partial charge in [0.05, 0.1) is 25.2 Å². The molecule has 2 rings (SSSR count). The van der Waals surface area contributed by atoms with E-state index in [1.807, 2.05) is 13.8 Å². The topological polar surface area (TPSA) is 119 Å². The van der Waals surface area contributed by atoms with Gasteiger partial charge in [-0.2, -0.15) is 0 Å². The maximum Gasteiger partial charge on any atom is 0.270 e. The molecule has 1 saturated heterocycles. The molecule has 30 heavy (non-hydrogen) atoms. The highest BCUT2D eigenvalue weighted by atomic mass is 16.7. The lowest BCUT2D eigenvalue weighted by atomic mass is 9.98. The van der Waals surface area contributed by atoms with E-state index >= 15 is 0 Å². The Labute approximate surface area is 176 Å². The van der Waals surface area contributed by atoms with Crippen molar-refractivity contribution in [1.29, 1.82) is 0 Å². The summed E-state index contributed by atoms with van der Waals surface area (Å²) in [7, 11) is 2.97. The van der Waals surface area contributed by atoms with E-state index in [1.54, 1.807) is 0 Å². The molecule has 0 saturated carbocycles. The van der Waals surface area contributed by atoms with Gasteiger partial charge in [0.1, 0.15) is 30.2 Å². The Morgan fingerprint density at radius 3 is 2.57 bits per heavy atom. The van der Waals surface area contributed by atoms with Crippen LogP contribution in [-0.4, -0.2) is 74.8 Å². The van der Waals surface area contributed by atoms with Gasteiger partial charge in [-0.15, -0.1) is 0 Å². The first-order chi connectivity index (χ1) is 14.5. The van der Waals surface area contributed by atoms with Crippen LogP contribution >= 0.6 is 0 Å². The van der Waals surface area contributed by atoms with Crippen molar-refractivity contribution < 1.29 is 38.5 Å². The molecule has 10 heteroatoms. The minimum absolute atomic E-state index is 0.0255. The average molecular weight is 429 g/mol. The maximum atomic E-state index is 11.0. The number of nitro benzene ring substituents is 1. The fourth-order valence-corrected chi connectivity index (χ4v) is 3.31. The quantitative estimate of drug-likeness (QED) is 0.393. The normalized spacial score (nSPS) is 26.5. The Morgan fingerprint density at radius 1 is 1.20 bits per heavy atom. The highest BCUT2D eigenvalue weighted by Gasteiger charge is 2.47. The second kappa shape index (κ2) is 12.1. The van der Waals surface area contributed by atoms with E-state index in [9.17, 15) is 15.2 Å². The standard InChI is InChI=1S/C20H31NO9/c1-5-9-29-18-17(22)16(30-20(26-4)19(18)28-6-2)12-27-11-13-10-14(21(23)24)7-8-15(13)25-3/h7-8,10,16-20,22H,5-6,9,11-12H2,1-4H3/t16-,17-,18+,19-,20?/m1/s1. The number of hydrogen-bond acceptors (Lipinski definition) is 9. The SMILES string of the molecule is CCCO[C@H]1[C@H](O)[C@@H](COCc2cc([N+](=O)[O-])ccc2OC)OC(OC)[C@@H]1OCC. The Morgan fingerprint density at radius 2 is 1.97 bits per heavy atom. The zero-order valence-corrected chi connectivity index (χ0v) is 17.8. The van der Waals surface area contributed by atoms with Crippen molar-refractivity contribution in [2.45, 2.75) is 57.6 Å². The molecular weight excluding hydrogens is 398 g/mol. The summed E-state index contributed by atoms with van der Waals surface area (Å²) < 4.78 is 33.7. The van der Waals surface area contributed by atoms with Crippen LogP contribution in [0.15, 0.2) is 18.2 Å². The lowest BCUT2D eigenvalue weighted by molar-refractivity contribution is -0.385. The van der Waals surface area contributed by atoms with Crippen LogP contribution in [0.5, 0.6) is 5.75 Å². The molecule has 1 aromatic carbocycles. The van der Waals surface area contributed by atoms with Gasteiger partial charge in [0.15, 0.2) is 6.29 Å². The molecule has 1 aromatic rings. The summed E-state index contributed by atoms with van der Waals surface area (Å²) in [5, 5.41) is 21.8. The van der Waals surface area contributed by atoms with E-state index in [-0.39, 0.29) is 18.9 Å². The van der Waals surface area contributed by atoms with Crippen LogP contribution in [0.2, 0.25) is 0 Å². The fraction of sp³-hybridized carbons (Fsp3) is 0.700. The van der Waals surface area contributed by atoms with Crippen LogP contribution in [0.25, 0.3) is 0 Å². The van der Waals surface area contributed by atoms with Crippen LogP contribution < -0.4 is 4.74 Å². The fourth-order valence-electron chi connectivity index (χ4n) is 3.31. The van der Waals surface area contributed by atoms with Gasteiger partial charge in [0, 0.05) is 38.0 Å². The van der Waals surface area contributed by atoms with Crippen LogP contribution in [-0.2, 0) is 30.3 Å². The van der Waals surface area contributed by atoms with Crippen LogP contribution in [0, 0.1) is 10.1 Å². The molecule has 10 nitrogen and oxygen atoms in total. The minimum Gasteiger partial charge on any atom is -0.496 e. The number of aliphatic hydroxyl groups is 1. The van der Waals surface area contributed by atoms with Gasteiger partial charge >= 0.3 is 0 Å². The zero-order valence-electron chi connectivity index (χ0n) is 17.8. The minimum atomic E-state index is -0.994. The summed E-state index contributed by atoms with van der Waals surface area (Å²) in [5.41, 5.74) is 0.460. The van der Waals surface area contributed by atoms with Gasteiger partial charge in [-0.1, -0.05) is 6.92 Å². The smallest absolute Gasteiger partial charge is 0.270 e. The second-order valence-corrected chi connectivity index (χ2v) is 6.79. The van der Waals surface area contributed by atoms with E-state index < -0.39 is 35.6 Å². The van der Waals surface area contributed by atoms with Crippen LogP contribution in [0.3, 0.4) is 0 Å². The Bertz CT molecular complexity index is 672. The molecule has 1 N–H and O–H groups in total. The average Bonchev–Trinajstić information content (AvgIpc) is 2.74. The molecular formula is C20H31NO9. The summed E-state index contributed by atoms with van der Waals surface area (Å²) in [4.78, 5) is 10.5. The first-order valence-corrected chi connectivity index (χ1v) is 9.95. The highest BCUT2D eigenvalue weighted by molar-refractivity contribution is 5.43. The van der Waals surface area contributed by atoms with Crippen molar-refractivity contribution in [3.63, 3.8) is 0 Å². The molecule has 1 unspecified atom stereocenters. The monoisotopic (exact) mass is 429 g/mol. The number of methoxy groups -OCH3 is 2. The first kappa shape index (κ1) is 24.4. The third-order valence-electron chi connectivity index (χ3n) is 4.74. The zero-order chi connectivity index (χ0) is 22.1. The van der Waals surface area contributed by atoms with Gasteiger partial charge in [0.25, 0.3) is 5.69 Å². The molecule has 0 aromatic heterocycles. The summed E-state index contributed by atoms with van der Waals surface area (Å²) in [6, 6.07) is 4.28. The largest absolute Gasteiger partial charge is 0.496 e. The summed E-state index contributed by atoms with van der Waals surface area (Å²) in [6.45, 7) is 4.77. The molecule has 1 fully saturated rings. The van der Waals surface area contributed by atoms with Crippen LogP contribution in [0.1, 0.15) is 25.8 Å². The lowest BCUT2D eigenvalue weighted by Crippen LogP contribution is -2.61. The summed E-state index contributed by atoms with van der Waals surface area (Å²) in [5.74, 6) is 0.473. The van der Waals surface area contributed by atoms with E-state index in [1.165, 1.54) is 32.4 Å². The number of nitro groups is 1. The van der Waals surface area contributed by atoms with Gasteiger partial charge in [0.2, 0.25) is 0 Å². The Balaban J connectivity index is 2.07. The Kier molecular flexibility index (Phi) is 9.89. The number of non-ortho nitro benzene ring substituents is 1. The molecule has 5 atom stereocenters. The maximum absolute atomic E-state index is 11.0. The number of ether oxygens (including phenoxy) is 6. The third-order valence-corrected chi connectivity index (χ3v) is 4.74. The lowest BCUT2D eigenvalue weighted by Gasteiger charge is -2.43. The highest BCUT2D eigenvalue weighted by Crippen LogP contribution is 2.28. The van der Waals surface area contributed by atoms with Crippen molar-refractivity contribution in [3.05, 3.63) is 33.9 Å². The van der Waals surface area contributed by atoms with Crippen molar-refractivity contribution in [1.82, 2.24) is 0 Å². The molecule has 0 bridgehead atoms. The summed E-state index contributed by atoms with van der Waals surface area (Å²) in [6.07, 6.45) is -2.87. The summed E-state index contributed by atoms with van der Waals surface area (Å²) >= 11 is 0. The number of benzene rings is 1. The Hall–Kier alpha value is -1.82. The molecule has 0 spiro atoms. The number of rotatable bonds is 12. The van der Waals surface area contributed by atoms with Gasteiger partial charge in [-0.05, 0) is 19.4 Å². The number of hydrogen-bond donors (Lipinski definition) is 1. The van der Waals surface area contributed by atoms with Crippen molar-refractivity contribution in [2.75, 3.05) is 34.0 Å². The van der Waals surface area contributed by atoms with Crippen molar-refractivity contribution in [2.24, 2.45) is 0 Å². The molecule has 0 radical (unpaired) electrons.